The smallest absolute Gasteiger partial charge is 0.251 e. The van der Waals surface area contributed by atoms with Gasteiger partial charge < -0.3 is 10.2 Å². The number of carbonyl (C=O) groups is 2. The SMILES string of the molecule is Cc1ccc(-c2nnn(CC(=O)N(CC(=O)NC3CCCC3)c3ccccc3C)n2)cc1. The molecule has 1 aliphatic rings. The summed E-state index contributed by atoms with van der Waals surface area (Å²) in [5, 5.41) is 15.5. The molecule has 8 heteroatoms. The van der Waals surface area contributed by atoms with Crippen LogP contribution < -0.4 is 10.2 Å². The zero-order chi connectivity index (χ0) is 22.5. The summed E-state index contributed by atoms with van der Waals surface area (Å²) in [6.07, 6.45) is 4.25. The van der Waals surface area contributed by atoms with Crippen molar-refractivity contribution in [2.45, 2.75) is 52.1 Å². The Morgan fingerprint density at radius 2 is 1.78 bits per heavy atom. The second-order valence-corrected chi connectivity index (χ2v) is 8.32. The number of benzene rings is 2. The first kappa shape index (κ1) is 21.7. The van der Waals surface area contributed by atoms with Gasteiger partial charge in [0.25, 0.3) is 5.91 Å². The summed E-state index contributed by atoms with van der Waals surface area (Å²) < 4.78 is 0. The molecule has 1 aliphatic carbocycles. The predicted molar refractivity (Wildman–Crippen MR) is 122 cm³/mol. The number of carbonyl (C=O) groups excluding carboxylic acids is 2. The molecular weight excluding hydrogens is 404 g/mol. The molecule has 0 unspecified atom stereocenters. The van der Waals surface area contributed by atoms with Gasteiger partial charge in [-0.25, -0.2) is 0 Å². The number of aryl methyl sites for hydroxylation is 2. The van der Waals surface area contributed by atoms with Crippen LogP contribution in [0.2, 0.25) is 0 Å². The number of anilines is 1. The van der Waals surface area contributed by atoms with E-state index in [1.54, 1.807) is 0 Å². The highest BCUT2D eigenvalue weighted by Gasteiger charge is 2.24. The molecule has 1 N–H and O–H groups in total. The lowest BCUT2D eigenvalue weighted by Crippen LogP contribution is -2.45. The number of amides is 2. The minimum Gasteiger partial charge on any atom is -0.352 e. The zero-order valence-electron chi connectivity index (χ0n) is 18.5. The number of para-hydroxylation sites is 1. The van der Waals surface area contributed by atoms with Crippen LogP contribution in [-0.4, -0.2) is 44.6 Å². The normalized spacial score (nSPS) is 13.8. The summed E-state index contributed by atoms with van der Waals surface area (Å²) >= 11 is 0. The maximum absolute atomic E-state index is 13.2. The fourth-order valence-corrected chi connectivity index (χ4v) is 4.00. The number of nitrogens with one attached hydrogen (secondary N) is 1. The molecular formula is C24H28N6O2. The summed E-state index contributed by atoms with van der Waals surface area (Å²) in [7, 11) is 0. The Kier molecular flexibility index (Phi) is 6.58. The van der Waals surface area contributed by atoms with Crippen LogP contribution in [-0.2, 0) is 16.1 Å². The van der Waals surface area contributed by atoms with Crippen molar-refractivity contribution < 1.29 is 9.59 Å². The van der Waals surface area contributed by atoms with Crippen LogP contribution in [0.25, 0.3) is 11.4 Å². The molecule has 166 valence electrons. The second-order valence-electron chi connectivity index (χ2n) is 8.32. The van der Waals surface area contributed by atoms with E-state index < -0.39 is 0 Å². The van der Waals surface area contributed by atoms with Gasteiger partial charge in [0.2, 0.25) is 11.7 Å². The molecule has 4 rings (SSSR count). The van der Waals surface area contributed by atoms with Crippen LogP contribution in [0.5, 0.6) is 0 Å². The Hall–Kier alpha value is -3.55. The Morgan fingerprint density at radius 3 is 2.50 bits per heavy atom. The standard InChI is InChI=1S/C24H28N6O2/c1-17-11-13-19(14-12-17)24-26-28-30(27-24)16-23(32)29(21-10-6-3-7-18(21)2)15-22(31)25-20-8-4-5-9-20/h3,6-7,10-14,20H,4-5,8-9,15-16H2,1-2H3,(H,25,31). The van der Waals surface area contributed by atoms with Gasteiger partial charge in [0, 0.05) is 17.3 Å². The number of tetrazole rings is 1. The van der Waals surface area contributed by atoms with Gasteiger partial charge in [0.1, 0.15) is 13.1 Å². The molecule has 1 heterocycles. The van der Waals surface area contributed by atoms with Crippen molar-refractivity contribution in [2.75, 3.05) is 11.4 Å². The zero-order valence-corrected chi connectivity index (χ0v) is 18.5. The highest BCUT2D eigenvalue weighted by molar-refractivity contribution is 5.99. The molecule has 1 saturated carbocycles. The average molecular weight is 433 g/mol. The van der Waals surface area contributed by atoms with Crippen molar-refractivity contribution in [3.8, 4) is 11.4 Å². The monoisotopic (exact) mass is 432 g/mol. The minimum atomic E-state index is -0.270. The molecule has 32 heavy (non-hydrogen) atoms. The van der Waals surface area contributed by atoms with E-state index in [9.17, 15) is 9.59 Å². The Balaban J connectivity index is 1.50. The Bertz CT molecular complexity index is 1090. The third-order valence-electron chi connectivity index (χ3n) is 5.77. The maximum atomic E-state index is 13.2. The number of hydrogen-bond donors (Lipinski definition) is 1. The van der Waals surface area contributed by atoms with Gasteiger partial charge in [-0.05, 0) is 43.5 Å². The first-order valence-electron chi connectivity index (χ1n) is 11.0. The van der Waals surface area contributed by atoms with Crippen molar-refractivity contribution in [2.24, 2.45) is 0 Å². The minimum absolute atomic E-state index is 0.0420. The Labute approximate surface area is 187 Å². The molecule has 1 fully saturated rings. The molecule has 3 aromatic rings. The largest absolute Gasteiger partial charge is 0.352 e. The fourth-order valence-electron chi connectivity index (χ4n) is 4.00. The maximum Gasteiger partial charge on any atom is 0.251 e. The van der Waals surface area contributed by atoms with Gasteiger partial charge in [0.05, 0.1) is 0 Å². The van der Waals surface area contributed by atoms with Crippen LogP contribution in [0.3, 0.4) is 0 Å². The lowest BCUT2D eigenvalue weighted by Gasteiger charge is -2.24. The predicted octanol–water partition coefficient (Wildman–Crippen LogP) is 3.05. The lowest BCUT2D eigenvalue weighted by atomic mass is 10.1. The van der Waals surface area contributed by atoms with Crippen LogP contribution in [0.4, 0.5) is 5.69 Å². The molecule has 2 aromatic carbocycles. The van der Waals surface area contributed by atoms with E-state index >= 15 is 0 Å². The molecule has 8 nitrogen and oxygen atoms in total. The van der Waals surface area contributed by atoms with Crippen LogP contribution in [0, 0.1) is 13.8 Å². The van der Waals surface area contributed by atoms with Crippen molar-refractivity contribution >= 4 is 17.5 Å². The van der Waals surface area contributed by atoms with E-state index in [-0.39, 0.29) is 30.9 Å². The molecule has 2 amide bonds. The third-order valence-corrected chi connectivity index (χ3v) is 5.77. The second kappa shape index (κ2) is 9.72. The lowest BCUT2D eigenvalue weighted by molar-refractivity contribution is -0.124. The van der Waals surface area contributed by atoms with Gasteiger partial charge >= 0.3 is 0 Å². The van der Waals surface area contributed by atoms with E-state index in [2.05, 4.69) is 20.7 Å². The first-order chi connectivity index (χ1) is 15.5. The van der Waals surface area contributed by atoms with Crippen molar-refractivity contribution in [3.63, 3.8) is 0 Å². The topological polar surface area (TPSA) is 93.0 Å². The number of hydrogen-bond acceptors (Lipinski definition) is 5. The van der Waals surface area contributed by atoms with Crippen molar-refractivity contribution in [1.82, 2.24) is 25.5 Å². The van der Waals surface area contributed by atoms with E-state index in [0.29, 0.717) is 11.5 Å². The van der Waals surface area contributed by atoms with Gasteiger partial charge in [-0.15, -0.1) is 10.2 Å². The van der Waals surface area contributed by atoms with Crippen molar-refractivity contribution in [3.05, 3.63) is 59.7 Å². The van der Waals surface area contributed by atoms with Gasteiger partial charge in [-0.1, -0.05) is 60.9 Å². The molecule has 0 radical (unpaired) electrons. The van der Waals surface area contributed by atoms with E-state index in [4.69, 9.17) is 0 Å². The molecule has 0 atom stereocenters. The highest BCUT2D eigenvalue weighted by Crippen LogP contribution is 2.21. The quantitative estimate of drug-likeness (QED) is 0.619. The summed E-state index contributed by atoms with van der Waals surface area (Å²) in [4.78, 5) is 28.7. The third kappa shape index (κ3) is 5.19. The Morgan fingerprint density at radius 1 is 1.06 bits per heavy atom. The number of aromatic nitrogens is 4. The molecule has 0 bridgehead atoms. The molecule has 0 saturated heterocycles. The van der Waals surface area contributed by atoms with Crippen LogP contribution in [0.1, 0.15) is 36.8 Å². The van der Waals surface area contributed by atoms with E-state index in [0.717, 1.165) is 42.4 Å². The van der Waals surface area contributed by atoms with Crippen molar-refractivity contribution in [1.29, 1.82) is 0 Å². The molecule has 0 spiro atoms. The van der Waals surface area contributed by atoms with Crippen LogP contribution in [0.15, 0.2) is 48.5 Å². The van der Waals surface area contributed by atoms with Gasteiger partial charge in [-0.3, -0.25) is 9.59 Å². The summed E-state index contributed by atoms with van der Waals surface area (Å²) in [5.74, 6) is 0.0355. The van der Waals surface area contributed by atoms with Gasteiger partial charge in [-0.2, -0.15) is 4.80 Å². The summed E-state index contributed by atoms with van der Waals surface area (Å²) in [5.41, 5.74) is 3.60. The summed E-state index contributed by atoms with van der Waals surface area (Å²) in [6, 6.07) is 15.5. The fraction of sp³-hybridized carbons (Fsp3) is 0.375. The average Bonchev–Trinajstić information content (AvgIpc) is 3.45. The number of rotatable bonds is 7. The van der Waals surface area contributed by atoms with E-state index in [1.165, 1.54) is 9.70 Å². The van der Waals surface area contributed by atoms with Gasteiger partial charge in [0.15, 0.2) is 0 Å². The molecule has 0 aliphatic heterocycles. The van der Waals surface area contributed by atoms with E-state index in [1.807, 2.05) is 62.4 Å². The molecule has 1 aromatic heterocycles. The number of nitrogens with zero attached hydrogens (tertiary/aromatic N) is 5. The van der Waals surface area contributed by atoms with Crippen LogP contribution >= 0.6 is 0 Å². The highest BCUT2D eigenvalue weighted by atomic mass is 16.2. The first-order valence-corrected chi connectivity index (χ1v) is 11.0. The summed E-state index contributed by atoms with van der Waals surface area (Å²) in [6.45, 7) is 3.78.